The minimum atomic E-state index is -0.140. The van der Waals surface area contributed by atoms with Crippen LogP contribution in [0.1, 0.15) is 27.6 Å². The number of nitrogens with zero attached hydrogens (tertiary/aromatic N) is 3. The fourth-order valence-corrected chi connectivity index (χ4v) is 2.62. The van der Waals surface area contributed by atoms with Gasteiger partial charge in [-0.25, -0.2) is 4.98 Å². The number of benzene rings is 1. The van der Waals surface area contributed by atoms with Crippen LogP contribution in [0.15, 0.2) is 36.4 Å². The van der Waals surface area contributed by atoms with E-state index in [2.05, 4.69) is 20.2 Å². The van der Waals surface area contributed by atoms with E-state index in [0.29, 0.717) is 24.7 Å². The third-order valence-electron chi connectivity index (χ3n) is 3.86. The molecule has 7 nitrogen and oxygen atoms in total. The Morgan fingerprint density at radius 3 is 2.76 bits per heavy atom. The van der Waals surface area contributed by atoms with Crippen LogP contribution in [-0.4, -0.2) is 45.1 Å². The number of carbonyl (C=O) groups excluding carboxylic acids is 1. The molecule has 0 saturated carbocycles. The summed E-state index contributed by atoms with van der Waals surface area (Å²) in [6.45, 7) is 2.71. The van der Waals surface area contributed by atoms with E-state index in [0.717, 1.165) is 22.6 Å². The maximum absolute atomic E-state index is 12.7. The van der Waals surface area contributed by atoms with E-state index in [-0.39, 0.29) is 5.91 Å². The third-order valence-corrected chi connectivity index (χ3v) is 3.86. The van der Waals surface area contributed by atoms with Crippen molar-refractivity contribution in [3.8, 4) is 11.4 Å². The average Bonchev–Trinajstić information content (AvgIpc) is 3.22. The van der Waals surface area contributed by atoms with Crippen LogP contribution >= 0.6 is 0 Å². The van der Waals surface area contributed by atoms with Crippen molar-refractivity contribution in [2.24, 2.45) is 0 Å². The molecule has 3 rings (SSSR count). The first-order valence-electron chi connectivity index (χ1n) is 7.98. The van der Waals surface area contributed by atoms with E-state index in [1.165, 1.54) is 0 Å². The summed E-state index contributed by atoms with van der Waals surface area (Å²) in [6.07, 6.45) is 0. The van der Waals surface area contributed by atoms with E-state index < -0.39 is 0 Å². The Balaban J connectivity index is 1.74. The summed E-state index contributed by atoms with van der Waals surface area (Å²) < 4.78 is 5.05. The number of methoxy groups -OCH3 is 1. The molecule has 2 aromatic heterocycles. The number of amides is 1. The Morgan fingerprint density at radius 2 is 2.04 bits per heavy atom. The Bertz CT molecular complexity index is 853. The number of imidazole rings is 1. The van der Waals surface area contributed by atoms with Crippen LogP contribution < -0.4 is 0 Å². The standard InChI is InChI=1S/C18H21N5O2/c1-12-16(20-17(19-12)13-7-5-4-6-8-13)18(24)23(2)10-14-9-15(11-25-3)22-21-14/h4-9H,10-11H2,1-3H3,(H,19,20)(H,21,22). The molecule has 0 radical (unpaired) electrons. The van der Waals surface area contributed by atoms with Crippen LogP contribution in [-0.2, 0) is 17.9 Å². The quantitative estimate of drug-likeness (QED) is 0.722. The number of aromatic amines is 2. The van der Waals surface area contributed by atoms with Crippen LogP contribution in [0.2, 0.25) is 0 Å². The molecule has 7 heteroatoms. The van der Waals surface area contributed by atoms with Crippen LogP contribution in [0.4, 0.5) is 0 Å². The molecule has 0 aliphatic carbocycles. The molecule has 2 N–H and O–H groups in total. The van der Waals surface area contributed by atoms with E-state index in [4.69, 9.17) is 4.74 Å². The van der Waals surface area contributed by atoms with Crippen LogP contribution in [0.25, 0.3) is 11.4 Å². The lowest BCUT2D eigenvalue weighted by Gasteiger charge is -2.15. The van der Waals surface area contributed by atoms with Crippen LogP contribution in [0.5, 0.6) is 0 Å². The summed E-state index contributed by atoms with van der Waals surface area (Å²) in [4.78, 5) is 22.0. The van der Waals surface area contributed by atoms with Crippen molar-refractivity contribution in [2.45, 2.75) is 20.1 Å². The van der Waals surface area contributed by atoms with E-state index in [1.54, 1.807) is 19.1 Å². The van der Waals surface area contributed by atoms with Gasteiger partial charge in [0.15, 0.2) is 0 Å². The number of aromatic nitrogens is 4. The van der Waals surface area contributed by atoms with Gasteiger partial charge < -0.3 is 14.6 Å². The topological polar surface area (TPSA) is 86.9 Å². The molecule has 0 spiro atoms. The van der Waals surface area contributed by atoms with Crippen molar-refractivity contribution in [2.75, 3.05) is 14.2 Å². The van der Waals surface area contributed by atoms with Gasteiger partial charge in [-0.15, -0.1) is 0 Å². The molecule has 1 amide bonds. The van der Waals surface area contributed by atoms with Crippen molar-refractivity contribution in [1.29, 1.82) is 0 Å². The second kappa shape index (κ2) is 7.31. The number of hydrogen-bond donors (Lipinski definition) is 2. The summed E-state index contributed by atoms with van der Waals surface area (Å²) in [6, 6.07) is 11.6. The zero-order valence-electron chi connectivity index (χ0n) is 14.5. The fourth-order valence-electron chi connectivity index (χ4n) is 2.62. The summed E-state index contributed by atoms with van der Waals surface area (Å²) in [5.74, 6) is 0.553. The van der Waals surface area contributed by atoms with Gasteiger partial charge in [-0.05, 0) is 13.0 Å². The molecule has 2 heterocycles. The van der Waals surface area contributed by atoms with Crippen molar-refractivity contribution in [3.63, 3.8) is 0 Å². The molecule has 0 bridgehead atoms. The summed E-state index contributed by atoms with van der Waals surface area (Å²) >= 11 is 0. The SMILES string of the molecule is COCc1cc(CN(C)C(=O)c2nc(-c3ccccc3)[nH]c2C)[nH]n1. The molecule has 0 saturated heterocycles. The van der Waals surface area contributed by atoms with Crippen LogP contribution in [0.3, 0.4) is 0 Å². The maximum atomic E-state index is 12.7. The highest BCUT2D eigenvalue weighted by molar-refractivity contribution is 5.93. The lowest BCUT2D eigenvalue weighted by molar-refractivity contribution is 0.0777. The number of hydrogen-bond acceptors (Lipinski definition) is 4. The molecule has 25 heavy (non-hydrogen) atoms. The number of aryl methyl sites for hydroxylation is 1. The first kappa shape index (κ1) is 16.9. The van der Waals surface area contributed by atoms with Gasteiger partial charge in [0.05, 0.1) is 24.5 Å². The van der Waals surface area contributed by atoms with Crippen LogP contribution in [0, 0.1) is 6.92 Å². The highest BCUT2D eigenvalue weighted by atomic mass is 16.5. The fraction of sp³-hybridized carbons (Fsp3) is 0.278. The maximum Gasteiger partial charge on any atom is 0.274 e. The third kappa shape index (κ3) is 3.77. The van der Waals surface area contributed by atoms with Gasteiger partial charge in [0.25, 0.3) is 5.91 Å². The number of nitrogens with one attached hydrogen (secondary N) is 2. The molecule has 0 unspecified atom stereocenters. The Labute approximate surface area is 146 Å². The van der Waals surface area contributed by atoms with Gasteiger partial charge in [-0.2, -0.15) is 5.10 Å². The molecule has 1 aromatic carbocycles. The van der Waals surface area contributed by atoms with Gasteiger partial charge in [0.2, 0.25) is 0 Å². The minimum Gasteiger partial charge on any atom is -0.378 e. The smallest absolute Gasteiger partial charge is 0.274 e. The predicted octanol–water partition coefficient (Wildman–Crippen LogP) is 2.53. The zero-order chi connectivity index (χ0) is 17.8. The lowest BCUT2D eigenvalue weighted by Crippen LogP contribution is -2.27. The van der Waals surface area contributed by atoms with Gasteiger partial charge in [0.1, 0.15) is 11.5 Å². The van der Waals surface area contributed by atoms with Gasteiger partial charge >= 0.3 is 0 Å². The number of carbonyl (C=O) groups is 1. The summed E-state index contributed by atoms with van der Waals surface area (Å²) in [5, 5.41) is 7.06. The first-order chi connectivity index (χ1) is 12.1. The molecule has 3 aromatic rings. The minimum absolute atomic E-state index is 0.140. The monoisotopic (exact) mass is 339 g/mol. The lowest BCUT2D eigenvalue weighted by atomic mass is 10.2. The molecular weight excluding hydrogens is 318 g/mol. The molecule has 0 aliphatic rings. The molecular formula is C18H21N5O2. The predicted molar refractivity (Wildman–Crippen MR) is 93.9 cm³/mol. The molecule has 0 fully saturated rings. The highest BCUT2D eigenvalue weighted by Gasteiger charge is 2.20. The Hall–Kier alpha value is -2.93. The zero-order valence-corrected chi connectivity index (χ0v) is 14.5. The van der Waals surface area contributed by atoms with E-state index in [1.807, 2.05) is 43.3 Å². The number of rotatable bonds is 6. The van der Waals surface area contributed by atoms with Crippen molar-refractivity contribution >= 4 is 5.91 Å². The Morgan fingerprint density at radius 1 is 1.28 bits per heavy atom. The average molecular weight is 339 g/mol. The van der Waals surface area contributed by atoms with Gasteiger partial charge in [0, 0.05) is 25.4 Å². The largest absolute Gasteiger partial charge is 0.378 e. The van der Waals surface area contributed by atoms with Gasteiger partial charge in [-0.3, -0.25) is 9.89 Å². The second-order valence-corrected chi connectivity index (χ2v) is 5.90. The number of H-pyrrole nitrogens is 2. The Kier molecular flexibility index (Phi) is 4.95. The summed E-state index contributed by atoms with van der Waals surface area (Å²) in [7, 11) is 3.37. The molecule has 0 aliphatic heterocycles. The molecule has 0 atom stereocenters. The van der Waals surface area contributed by atoms with Crippen molar-refractivity contribution < 1.29 is 9.53 Å². The van der Waals surface area contributed by atoms with Gasteiger partial charge in [-0.1, -0.05) is 30.3 Å². The molecule has 130 valence electrons. The van der Waals surface area contributed by atoms with E-state index >= 15 is 0 Å². The van der Waals surface area contributed by atoms with Crippen molar-refractivity contribution in [1.82, 2.24) is 25.1 Å². The highest BCUT2D eigenvalue weighted by Crippen LogP contribution is 2.19. The second-order valence-electron chi connectivity index (χ2n) is 5.90. The van der Waals surface area contributed by atoms with E-state index in [9.17, 15) is 4.79 Å². The van der Waals surface area contributed by atoms with Crippen molar-refractivity contribution in [3.05, 3.63) is 59.2 Å². The first-order valence-corrected chi connectivity index (χ1v) is 7.98. The number of ether oxygens (including phenoxy) is 1. The summed E-state index contributed by atoms with van der Waals surface area (Å²) in [5.41, 5.74) is 3.78. The normalized spacial score (nSPS) is 10.8.